The van der Waals surface area contributed by atoms with E-state index >= 15 is 0 Å². The quantitative estimate of drug-likeness (QED) is 0.753. The van der Waals surface area contributed by atoms with E-state index in [1.54, 1.807) is 11.8 Å². The summed E-state index contributed by atoms with van der Waals surface area (Å²) < 4.78 is 5.49. The number of hydrogen-bond acceptors (Lipinski definition) is 4. The van der Waals surface area contributed by atoms with Gasteiger partial charge in [-0.05, 0) is 36.8 Å². The molecule has 0 aliphatic carbocycles. The Labute approximate surface area is 119 Å². The van der Waals surface area contributed by atoms with Gasteiger partial charge in [0, 0.05) is 36.6 Å². The molecule has 2 N–H and O–H groups in total. The molecular formula is C15H23NO2S. The average molecular weight is 281 g/mol. The first-order valence-corrected chi connectivity index (χ1v) is 8.03. The average Bonchev–Trinajstić information content (AvgIpc) is 2.89. The molecule has 0 aromatic heterocycles. The van der Waals surface area contributed by atoms with Crippen LogP contribution in [0.4, 0.5) is 0 Å². The van der Waals surface area contributed by atoms with Crippen LogP contribution < -0.4 is 5.32 Å². The van der Waals surface area contributed by atoms with Crippen molar-refractivity contribution in [3.05, 3.63) is 29.8 Å². The van der Waals surface area contributed by atoms with Gasteiger partial charge in [0.25, 0.3) is 0 Å². The van der Waals surface area contributed by atoms with Crippen molar-refractivity contribution in [2.75, 3.05) is 32.6 Å². The van der Waals surface area contributed by atoms with E-state index in [4.69, 9.17) is 4.74 Å². The predicted molar refractivity (Wildman–Crippen MR) is 79.5 cm³/mol. The normalized spacial score (nSPS) is 22.8. The molecule has 1 unspecified atom stereocenters. The third kappa shape index (κ3) is 4.21. The zero-order valence-electron chi connectivity index (χ0n) is 11.5. The van der Waals surface area contributed by atoms with Crippen molar-refractivity contribution in [3.8, 4) is 0 Å². The van der Waals surface area contributed by atoms with Gasteiger partial charge in [0.1, 0.15) is 0 Å². The van der Waals surface area contributed by atoms with Gasteiger partial charge < -0.3 is 15.2 Å². The molecule has 3 nitrogen and oxygen atoms in total. The lowest BCUT2D eigenvalue weighted by atomic mass is 9.84. The van der Waals surface area contributed by atoms with Crippen molar-refractivity contribution >= 4 is 11.8 Å². The van der Waals surface area contributed by atoms with Gasteiger partial charge in [0.15, 0.2) is 0 Å². The molecule has 1 heterocycles. The number of hydrogen-bond donors (Lipinski definition) is 2. The van der Waals surface area contributed by atoms with E-state index in [9.17, 15) is 5.11 Å². The SMILES string of the molecule is CSc1ccc(CNCC2(CCO)CCOC2)cc1. The summed E-state index contributed by atoms with van der Waals surface area (Å²) in [7, 11) is 0. The summed E-state index contributed by atoms with van der Waals surface area (Å²) in [6.07, 6.45) is 3.96. The summed E-state index contributed by atoms with van der Waals surface area (Å²) in [4.78, 5) is 1.30. The smallest absolute Gasteiger partial charge is 0.0536 e. The second kappa shape index (κ2) is 7.29. The fourth-order valence-electron chi connectivity index (χ4n) is 2.53. The third-order valence-electron chi connectivity index (χ3n) is 3.82. The van der Waals surface area contributed by atoms with Gasteiger partial charge in [-0.2, -0.15) is 0 Å². The molecule has 4 heteroatoms. The minimum absolute atomic E-state index is 0.133. The number of benzene rings is 1. The monoisotopic (exact) mass is 281 g/mol. The zero-order valence-corrected chi connectivity index (χ0v) is 12.3. The van der Waals surface area contributed by atoms with E-state index < -0.39 is 0 Å². The standard InChI is InChI=1S/C15H23NO2S/c1-19-14-4-2-13(3-5-14)10-16-11-15(6-8-17)7-9-18-12-15/h2-5,16-17H,6-12H2,1H3. The van der Waals surface area contributed by atoms with E-state index in [1.807, 2.05) is 0 Å². The maximum absolute atomic E-state index is 9.18. The van der Waals surface area contributed by atoms with Gasteiger partial charge in [-0.25, -0.2) is 0 Å². The maximum Gasteiger partial charge on any atom is 0.0536 e. The summed E-state index contributed by atoms with van der Waals surface area (Å²) in [5, 5.41) is 12.7. The van der Waals surface area contributed by atoms with Crippen molar-refractivity contribution in [1.82, 2.24) is 5.32 Å². The minimum atomic E-state index is 0.133. The Hall–Kier alpha value is -0.550. The molecule has 1 aliphatic rings. The molecular weight excluding hydrogens is 258 g/mol. The molecule has 0 spiro atoms. The number of ether oxygens (including phenoxy) is 1. The number of aliphatic hydroxyl groups is 1. The van der Waals surface area contributed by atoms with Gasteiger partial charge >= 0.3 is 0 Å². The Bertz CT molecular complexity index is 374. The van der Waals surface area contributed by atoms with Gasteiger partial charge in [0.2, 0.25) is 0 Å². The van der Waals surface area contributed by atoms with Crippen LogP contribution in [0.1, 0.15) is 18.4 Å². The predicted octanol–water partition coefficient (Wildman–Crippen LogP) is 2.29. The first-order chi connectivity index (χ1) is 9.28. The highest BCUT2D eigenvalue weighted by molar-refractivity contribution is 7.98. The lowest BCUT2D eigenvalue weighted by Gasteiger charge is -2.26. The molecule has 106 valence electrons. The largest absolute Gasteiger partial charge is 0.396 e. The van der Waals surface area contributed by atoms with Crippen molar-refractivity contribution < 1.29 is 9.84 Å². The Kier molecular flexibility index (Phi) is 5.70. The van der Waals surface area contributed by atoms with Crippen LogP contribution in [0.2, 0.25) is 0 Å². The van der Waals surface area contributed by atoms with E-state index in [0.717, 1.165) is 39.1 Å². The molecule has 1 aromatic rings. The molecule has 0 bridgehead atoms. The minimum Gasteiger partial charge on any atom is -0.396 e. The highest BCUT2D eigenvalue weighted by Crippen LogP contribution is 2.31. The van der Waals surface area contributed by atoms with Crippen LogP contribution in [-0.2, 0) is 11.3 Å². The fraction of sp³-hybridized carbons (Fsp3) is 0.600. The van der Waals surface area contributed by atoms with Crippen LogP contribution in [0.15, 0.2) is 29.2 Å². The summed E-state index contributed by atoms with van der Waals surface area (Å²) in [5.41, 5.74) is 1.43. The van der Waals surface area contributed by atoms with E-state index in [0.29, 0.717) is 0 Å². The second-order valence-corrected chi connectivity index (χ2v) is 6.11. The first kappa shape index (κ1) is 14.9. The van der Waals surface area contributed by atoms with Crippen LogP contribution >= 0.6 is 11.8 Å². The maximum atomic E-state index is 9.18. The zero-order chi connectivity index (χ0) is 13.6. The summed E-state index contributed by atoms with van der Waals surface area (Å²) in [5.74, 6) is 0. The second-order valence-electron chi connectivity index (χ2n) is 5.23. The Morgan fingerprint density at radius 1 is 1.37 bits per heavy atom. The number of rotatable bonds is 7. The Morgan fingerprint density at radius 3 is 2.74 bits per heavy atom. The van der Waals surface area contributed by atoms with Gasteiger partial charge in [0.05, 0.1) is 6.61 Å². The van der Waals surface area contributed by atoms with E-state index in [-0.39, 0.29) is 12.0 Å². The molecule has 1 aromatic carbocycles. The molecule has 0 saturated carbocycles. The summed E-state index contributed by atoms with van der Waals surface area (Å²) in [6, 6.07) is 8.65. The van der Waals surface area contributed by atoms with Crippen LogP contribution in [-0.4, -0.2) is 37.7 Å². The molecule has 0 radical (unpaired) electrons. The van der Waals surface area contributed by atoms with Gasteiger partial charge in [-0.15, -0.1) is 11.8 Å². The molecule has 1 fully saturated rings. The number of nitrogens with one attached hydrogen (secondary N) is 1. The fourth-order valence-corrected chi connectivity index (χ4v) is 2.94. The Balaban J connectivity index is 1.81. The molecule has 1 atom stereocenters. The highest BCUT2D eigenvalue weighted by atomic mass is 32.2. The molecule has 1 aliphatic heterocycles. The number of thioether (sulfide) groups is 1. The molecule has 1 saturated heterocycles. The molecule has 0 amide bonds. The lowest BCUT2D eigenvalue weighted by Crippen LogP contribution is -2.35. The van der Waals surface area contributed by atoms with Crippen LogP contribution in [0.5, 0.6) is 0 Å². The lowest BCUT2D eigenvalue weighted by molar-refractivity contribution is 0.124. The van der Waals surface area contributed by atoms with Crippen LogP contribution in [0.25, 0.3) is 0 Å². The van der Waals surface area contributed by atoms with Crippen LogP contribution in [0, 0.1) is 5.41 Å². The van der Waals surface area contributed by atoms with Crippen molar-refractivity contribution in [1.29, 1.82) is 0 Å². The van der Waals surface area contributed by atoms with E-state index in [2.05, 4.69) is 35.8 Å². The van der Waals surface area contributed by atoms with Crippen molar-refractivity contribution in [2.45, 2.75) is 24.3 Å². The number of aliphatic hydroxyl groups excluding tert-OH is 1. The van der Waals surface area contributed by atoms with E-state index in [1.165, 1.54) is 10.5 Å². The van der Waals surface area contributed by atoms with Crippen LogP contribution in [0.3, 0.4) is 0 Å². The van der Waals surface area contributed by atoms with Crippen molar-refractivity contribution in [2.24, 2.45) is 5.41 Å². The first-order valence-electron chi connectivity index (χ1n) is 6.80. The van der Waals surface area contributed by atoms with Gasteiger partial charge in [-0.3, -0.25) is 0 Å². The van der Waals surface area contributed by atoms with Gasteiger partial charge in [-0.1, -0.05) is 12.1 Å². The molecule has 2 rings (SSSR count). The highest BCUT2D eigenvalue weighted by Gasteiger charge is 2.33. The summed E-state index contributed by atoms with van der Waals surface area (Å²) in [6.45, 7) is 3.63. The topological polar surface area (TPSA) is 41.5 Å². The molecule has 19 heavy (non-hydrogen) atoms. The third-order valence-corrected chi connectivity index (χ3v) is 4.56. The van der Waals surface area contributed by atoms with Crippen molar-refractivity contribution in [3.63, 3.8) is 0 Å². The summed E-state index contributed by atoms with van der Waals surface area (Å²) >= 11 is 1.76. The Morgan fingerprint density at radius 2 is 2.16 bits per heavy atom.